The van der Waals surface area contributed by atoms with Crippen LogP contribution >= 0.6 is 11.6 Å². The molecule has 1 aromatic rings. The Bertz CT molecular complexity index is 458. The number of carbonyl (C=O) groups excluding carboxylic acids is 1. The predicted octanol–water partition coefficient (Wildman–Crippen LogP) is 1.62. The highest BCUT2D eigenvalue weighted by molar-refractivity contribution is 6.31. The Hall–Kier alpha value is -1.26. The zero-order chi connectivity index (χ0) is 13.2. The summed E-state index contributed by atoms with van der Waals surface area (Å²) in [6, 6.07) is 4.52. The Balaban J connectivity index is 1.87. The second-order valence-electron chi connectivity index (χ2n) is 4.81. The molecule has 1 amide bonds. The number of hydrogen-bond acceptors (Lipinski definition) is 3. The molecule has 0 spiro atoms. The van der Waals surface area contributed by atoms with E-state index in [2.05, 4.69) is 5.32 Å². The van der Waals surface area contributed by atoms with E-state index in [1.165, 1.54) is 12.1 Å². The average Bonchev–Trinajstić information content (AvgIpc) is 2.28. The van der Waals surface area contributed by atoms with Crippen molar-refractivity contribution < 1.29 is 15.0 Å². The quantitative estimate of drug-likeness (QED) is 0.778. The number of aliphatic hydroxyl groups is 1. The maximum Gasteiger partial charge on any atom is 0.224 e. The van der Waals surface area contributed by atoms with Gasteiger partial charge in [-0.25, -0.2) is 0 Å². The maximum absolute atomic E-state index is 11.7. The van der Waals surface area contributed by atoms with Crippen LogP contribution in [0.1, 0.15) is 24.8 Å². The van der Waals surface area contributed by atoms with Gasteiger partial charge >= 0.3 is 0 Å². The first-order valence-electron chi connectivity index (χ1n) is 5.95. The van der Waals surface area contributed by atoms with Crippen LogP contribution in [-0.2, 0) is 11.2 Å². The molecule has 2 rings (SSSR count). The molecule has 1 fully saturated rings. The lowest BCUT2D eigenvalue weighted by Gasteiger charge is -2.36. The summed E-state index contributed by atoms with van der Waals surface area (Å²) in [7, 11) is 0. The molecule has 0 saturated heterocycles. The minimum absolute atomic E-state index is 0.0768. The SMILES string of the molecule is O=C(Cc1ccc(O)cc1Cl)NCC1(O)CCC1. The second-order valence-corrected chi connectivity index (χ2v) is 5.21. The lowest BCUT2D eigenvalue weighted by molar-refractivity contribution is -0.122. The van der Waals surface area contributed by atoms with Gasteiger partial charge in [0.1, 0.15) is 5.75 Å². The minimum atomic E-state index is -0.714. The molecule has 0 bridgehead atoms. The summed E-state index contributed by atoms with van der Waals surface area (Å²) in [5.41, 5.74) is -0.0541. The van der Waals surface area contributed by atoms with E-state index in [0.717, 1.165) is 19.3 Å². The van der Waals surface area contributed by atoms with E-state index in [1.807, 2.05) is 0 Å². The first kappa shape index (κ1) is 13.2. The van der Waals surface area contributed by atoms with Crippen molar-refractivity contribution in [2.75, 3.05) is 6.54 Å². The highest BCUT2D eigenvalue weighted by atomic mass is 35.5. The molecule has 98 valence electrons. The number of phenolic OH excluding ortho intramolecular Hbond substituents is 1. The zero-order valence-corrected chi connectivity index (χ0v) is 10.7. The number of rotatable bonds is 4. The molecule has 1 aliphatic rings. The zero-order valence-electron chi connectivity index (χ0n) is 9.95. The number of benzene rings is 1. The molecule has 1 saturated carbocycles. The van der Waals surface area contributed by atoms with Crippen LogP contribution in [0.2, 0.25) is 5.02 Å². The van der Waals surface area contributed by atoms with Gasteiger partial charge in [-0.1, -0.05) is 17.7 Å². The smallest absolute Gasteiger partial charge is 0.224 e. The van der Waals surface area contributed by atoms with Gasteiger partial charge in [-0.15, -0.1) is 0 Å². The van der Waals surface area contributed by atoms with Crippen molar-refractivity contribution in [1.82, 2.24) is 5.32 Å². The highest BCUT2D eigenvalue weighted by Gasteiger charge is 2.34. The molecule has 18 heavy (non-hydrogen) atoms. The van der Waals surface area contributed by atoms with Crippen LogP contribution in [0.15, 0.2) is 18.2 Å². The first-order valence-corrected chi connectivity index (χ1v) is 6.33. The summed E-state index contributed by atoms with van der Waals surface area (Å²) < 4.78 is 0. The Kier molecular flexibility index (Phi) is 3.78. The maximum atomic E-state index is 11.7. The molecule has 1 aromatic carbocycles. The van der Waals surface area contributed by atoms with Crippen LogP contribution in [-0.4, -0.2) is 28.3 Å². The van der Waals surface area contributed by atoms with Crippen molar-refractivity contribution in [3.63, 3.8) is 0 Å². The predicted molar refractivity (Wildman–Crippen MR) is 68.6 cm³/mol. The normalized spacial score (nSPS) is 17.0. The largest absolute Gasteiger partial charge is 0.508 e. The molecule has 3 N–H and O–H groups in total. The van der Waals surface area contributed by atoms with Crippen LogP contribution < -0.4 is 5.32 Å². The van der Waals surface area contributed by atoms with Gasteiger partial charge in [0.25, 0.3) is 0 Å². The molecule has 1 aliphatic carbocycles. The molecule has 0 aliphatic heterocycles. The van der Waals surface area contributed by atoms with E-state index >= 15 is 0 Å². The number of carbonyl (C=O) groups is 1. The Labute approximate surface area is 111 Å². The van der Waals surface area contributed by atoms with Crippen molar-refractivity contribution >= 4 is 17.5 Å². The summed E-state index contributed by atoms with van der Waals surface area (Å²) in [6.07, 6.45) is 2.64. The standard InChI is InChI=1S/C13H16ClNO3/c14-11-7-10(16)3-2-9(11)6-12(17)15-8-13(18)4-1-5-13/h2-3,7,16,18H,1,4-6,8H2,(H,15,17). The van der Waals surface area contributed by atoms with Crippen molar-refractivity contribution in [3.05, 3.63) is 28.8 Å². The monoisotopic (exact) mass is 269 g/mol. The average molecular weight is 270 g/mol. The van der Waals surface area contributed by atoms with Gasteiger partial charge in [-0.2, -0.15) is 0 Å². The molecule has 4 nitrogen and oxygen atoms in total. The van der Waals surface area contributed by atoms with Gasteiger partial charge in [-0.3, -0.25) is 4.79 Å². The van der Waals surface area contributed by atoms with Gasteiger partial charge in [0.05, 0.1) is 12.0 Å². The van der Waals surface area contributed by atoms with Crippen LogP contribution in [0.3, 0.4) is 0 Å². The molecule has 0 heterocycles. The summed E-state index contributed by atoms with van der Waals surface area (Å²) in [6.45, 7) is 0.293. The van der Waals surface area contributed by atoms with E-state index in [-0.39, 0.29) is 18.1 Å². The molecular weight excluding hydrogens is 254 g/mol. The Morgan fingerprint density at radius 2 is 2.17 bits per heavy atom. The van der Waals surface area contributed by atoms with Crippen molar-refractivity contribution in [3.8, 4) is 5.75 Å². The van der Waals surface area contributed by atoms with Crippen LogP contribution in [0.25, 0.3) is 0 Å². The third-order valence-electron chi connectivity index (χ3n) is 3.29. The van der Waals surface area contributed by atoms with Crippen molar-refractivity contribution in [1.29, 1.82) is 0 Å². The fourth-order valence-electron chi connectivity index (χ4n) is 1.94. The lowest BCUT2D eigenvalue weighted by Crippen LogP contribution is -2.48. The van der Waals surface area contributed by atoms with Crippen LogP contribution in [0.5, 0.6) is 5.75 Å². The molecule has 0 atom stereocenters. The molecule has 5 heteroatoms. The molecule has 0 radical (unpaired) electrons. The van der Waals surface area contributed by atoms with Crippen LogP contribution in [0, 0.1) is 0 Å². The fourth-order valence-corrected chi connectivity index (χ4v) is 2.18. The van der Waals surface area contributed by atoms with Gasteiger partial charge in [0.15, 0.2) is 0 Å². The van der Waals surface area contributed by atoms with Gasteiger partial charge in [-0.05, 0) is 37.0 Å². The summed E-state index contributed by atoms with van der Waals surface area (Å²) in [5, 5.41) is 22.1. The van der Waals surface area contributed by atoms with Gasteiger partial charge < -0.3 is 15.5 Å². The molecule has 0 unspecified atom stereocenters. The van der Waals surface area contributed by atoms with E-state index in [4.69, 9.17) is 11.6 Å². The molecular formula is C13H16ClNO3. The third-order valence-corrected chi connectivity index (χ3v) is 3.64. The third kappa shape index (κ3) is 3.15. The number of halogens is 1. The van der Waals surface area contributed by atoms with E-state index in [1.54, 1.807) is 6.07 Å². The summed E-state index contributed by atoms with van der Waals surface area (Å²) >= 11 is 5.91. The number of aromatic hydroxyl groups is 1. The van der Waals surface area contributed by atoms with Crippen molar-refractivity contribution in [2.45, 2.75) is 31.3 Å². The van der Waals surface area contributed by atoms with E-state index in [9.17, 15) is 15.0 Å². The van der Waals surface area contributed by atoms with E-state index in [0.29, 0.717) is 17.1 Å². The topological polar surface area (TPSA) is 69.6 Å². The number of amides is 1. The van der Waals surface area contributed by atoms with Gasteiger partial charge in [0.2, 0.25) is 5.91 Å². The van der Waals surface area contributed by atoms with Crippen molar-refractivity contribution in [2.24, 2.45) is 0 Å². The highest BCUT2D eigenvalue weighted by Crippen LogP contribution is 2.30. The minimum Gasteiger partial charge on any atom is -0.508 e. The Morgan fingerprint density at radius 3 is 2.72 bits per heavy atom. The second kappa shape index (κ2) is 5.16. The van der Waals surface area contributed by atoms with E-state index < -0.39 is 5.60 Å². The summed E-state index contributed by atoms with van der Waals surface area (Å²) in [4.78, 5) is 11.7. The first-order chi connectivity index (χ1) is 8.48. The summed E-state index contributed by atoms with van der Waals surface area (Å²) in [5.74, 6) is -0.101. The molecule has 0 aromatic heterocycles. The number of nitrogens with one attached hydrogen (secondary N) is 1. The lowest BCUT2D eigenvalue weighted by atomic mass is 9.80. The van der Waals surface area contributed by atoms with Crippen LogP contribution in [0.4, 0.5) is 0 Å². The number of hydrogen-bond donors (Lipinski definition) is 3. The fraction of sp³-hybridized carbons (Fsp3) is 0.462. The van der Waals surface area contributed by atoms with Gasteiger partial charge in [0, 0.05) is 11.6 Å². The number of phenols is 1. The Morgan fingerprint density at radius 1 is 1.44 bits per heavy atom.